The Morgan fingerprint density at radius 2 is 2.14 bits per heavy atom. The molecule has 0 aromatic heterocycles. The smallest absolute Gasteiger partial charge is 0.259 e. The summed E-state index contributed by atoms with van der Waals surface area (Å²) in [5.74, 6) is 0.699. The molecule has 1 aliphatic heterocycles. The second-order valence-electron chi connectivity index (χ2n) is 5.28. The van der Waals surface area contributed by atoms with E-state index >= 15 is 0 Å². The molecule has 1 amide bonds. The van der Waals surface area contributed by atoms with Crippen molar-refractivity contribution in [1.29, 1.82) is 0 Å². The molecule has 1 heterocycles. The highest BCUT2D eigenvalue weighted by atomic mass is 32.2. The predicted octanol–water partition coefficient (Wildman–Crippen LogP) is 3.84. The van der Waals surface area contributed by atoms with Crippen LogP contribution in [0, 0.1) is 5.92 Å². The molecule has 0 saturated carbocycles. The van der Waals surface area contributed by atoms with Crippen LogP contribution in [0.25, 0.3) is 0 Å². The van der Waals surface area contributed by atoms with Crippen LogP contribution in [0.3, 0.4) is 0 Å². The van der Waals surface area contributed by atoms with E-state index in [0.717, 1.165) is 18.5 Å². The van der Waals surface area contributed by atoms with Gasteiger partial charge in [-0.1, -0.05) is 57.2 Å². The van der Waals surface area contributed by atoms with E-state index in [9.17, 15) is 4.79 Å². The largest absolute Gasteiger partial charge is 0.271 e. The maximum Gasteiger partial charge on any atom is 0.259 e. The van der Waals surface area contributed by atoms with E-state index < -0.39 is 0 Å². The van der Waals surface area contributed by atoms with E-state index in [4.69, 9.17) is 0 Å². The number of thioether (sulfide) groups is 1. The number of aryl methyl sites for hydroxylation is 1. The predicted molar refractivity (Wildman–Crippen MR) is 90.2 cm³/mol. The van der Waals surface area contributed by atoms with E-state index in [-0.39, 0.29) is 5.91 Å². The molecule has 0 unspecified atom stereocenters. The first kappa shape index (κ1) is 15.8. The van der Waals surface area contributed by atoms with Crippen LogP contribution >= 0.6 is 11.8 Å². The Morgan fingerprint density at radius 1 is 1.38 bits per heavy atom. The monoisotopic (exact) mass is 303 g/mol. The molecule has 1 aromatic rings. The minimum Gasteiger partial charge on any atom is -0.271 e. The Morgan fingerprint density at radius 3 is 2.86 bits per heavy atom. The van der Waals surface area contributed by atoms with E-state index in [0.29, 0.717) is 16.8 Å². The van der Waals surface area contributed by atoms with Gasteiger partial charge in [0.1, 0.15) is 0 Å². The lowest BCUT2D eigenvalue weighted by Gasteiger charge is -2.11. The first-order valence-corrected chi connectivity index (χ1v) is 8.26. The fourth-order valence-electron chi connectivity index (χ4n) is 1.95. The van der Waals surface area contributed by atoms with Crippen LogP contribution in [0.15, 0.2) is 34.4 Å². The molecule has 1 aromatic carbocycles. The molecule has 0 aliphatic carbocycles. The van der Waals surface area contributed by atoms with Gasteiger partial charge in [0, 0.05) is 6.21 Å². The van der Waals surface area contributed by atoms with Gasteiger partial charge in [0.25, 0.3) is 5.91 Å². The first-order valence-electron chi connectivity index (χ1n) is 7.28. The molecular weight excluding hydrogens is 282 g/mol. The van der Waals surface area contributed by atoms with Crippen molar-refractivity contribution in [2.45, 2.75) is 33.6 Å². The normalized spacial score (nSPS) is 17.6. The van der Waals surface area contributed by atoms with Crippen molar-refractivity contribution < 1.29 is 4.79 Å². The molecule has 1 saturated heterocycles. The molecule has 4 nitrogen and oxygen atoms in total. The van der Waals surface area contributed by atoms with Crippen LogP contribution in [-0.4, -0.2) is 28.1 Å². The van der Waals surface area contributed by atoms with Crippen molar-refractivity contribution in [3.05, 3.63) is 29.8 Å². The number of rotatable bonds is 5. The molecule has 1 aliphatic rings. The lowest BCUT2D eigenvalue weighted by Crippen LogP contribution is -2.24. The third-order valence-corrected chi connectivity index (χ3v) is 3.86. The summed E-state index contributed by atoms with van der Waals surface area (Å²) in [5, 5.41) is 6.36. The summed E-state index contributed by atoms with van der Waals surface area (Å²) < 4.78 is 0. The van der Waals surface area contributed by atoms with Crippen molar-refractivity contribution in [2.75, 3.05) is 5.75 Å². The molecule has 112 valence electrons. The van der Waals surface area contributed by atoms with Gasteiger partial charge in [-0.15, -0.1) is 0 Å². The Labute approximate surface area is 130 Å². The van der Waals surface area contributed by atoms with E-state index in [1.807, 2.05) is 32.0 Å². The molecule has 0 atom stereocenters. The number of hydrazone groups is 1. The highest BCUT2D eigenvalue weighted by Crippen LogP contribution is 2.27. The summed E-state index contributed by atoms with van der Waals surface area (Å²) in [6.07, 6.45) is 3.83. The van der Waals surface area contributed by atoms with Crippen LogP contribution < -0.4 is 0 Å². The lowest BCUT2D eigenvalue weighted by atomic mass is 10.1. The summed E-state index contributed by atoms with van der Waals surface area (Å²) in [5.41, 5.74) is 2.14. The van der Waals surface area contributed by atoms with Gasteiger partial charge in [-0.3, -0.25) is 4.79 Å². The van der Waals surface area contributed by atoms with Gasteiger partial charge in [0.15, 0.2) is 5.17 Å². The second kappa shape index (κ2) is 7.41. The van der Waals surface area contributed by atoms with Gasteiger partial charge >= 0.3 is 0 Å². The zero-order valence-corrected chi connectivity index (χ0v) is 13.6. The summed E-state index contributed by atoms with van der Waals surface area (Å²) in [4.78, 5) is 16.6. The summed E-state index contributed by atoms with van der Waals surface area (Å²) in [6.45, 7) is 6.21. The average molecular weight is 303 g/mol. The molecule has 0 N–H and O–H groups in total. The number of amidine groups is 1. The van der Waals surface area contributed by atoms with Gasteiger partial charge in [-0.25, -0.2) is 4.99 Å². The fourth-order valence-corrected chi connectivity index (χ4v) is 2.76. The minimum atomic E-state index is -0.0105. The molecule has 1 fully saturated rings. The van der Waals surface area contributed by atoms with Crippen LogP contribution in [0.2, 0.25) is 0 Å². The number of para-hydroxylation sites is 1. The fraction of sp³-hybridized carbons (Fsp3) is 0.438. The van der Waals surface area contributed by atoms with Crippen molar-refractivity contribution >= 4 is 34.7 Å². The van der Waals surface area contributed by atoms with Crippen LogP contribution in [0.4, 0.5) is 5.69 Å². The highest BCUT2D eigenvalue weighted by molar-refractivity contribution is 8.15. The number of nitrogens with zero attached hydrogens (tertiary/aromatic N) is 3. The zero-order valence-electron chi connectivity index (χ0n) is 12.7. The number of amides is 1. The summed E-state index contributed by atoms with van der Waals surface area (Å²) >= 11 is 1.44. The first-order chi connectivity index (χ1) is 10.1. The highest BCUT2D eigenvalue weighted by Gasteiger charge is 2.28. The molecule has 2 rings (SSSR count). The van der Waals surface area contributed by atoms with Gasteiger partial charge in [-0.05, 0) is 24.0 Å². The molecule has 21 heavy (non-hydrogen) atoms. The van der Waals surface area contributed by atoms with Crippen molar-refractivity contribution in [1.82, 2.24) is 5.01 Å². The number of hydrogen-bond acceptors (Lipinski definition) is 4. The zero-order chi connectivity index (χ0) is 15.2. The summed E-state index contributed by atoms with van der Waals surface area (Å²) in [7, 11) is 0. The van der Waals surface area contributed by atoms with Crippen molar-refractivity contribution in [3.63, 3.8) is 0 Å². The Balaban J connectivity index is 2.29. The van der Waals surface area contributed by atoms with Crippen molar-refractivity contribution in [2.24, 2.45) is 16.0 Å². The molecule has 0 radical (unpaired) electrons. The topological polar surface area (TPSA) is 45.0 Å². The van der Waals surface area contributed by atoms with E-state index in [1.165, 1.54) is 22.3 Å². The molecular formula is C16H21N3OS. The number of aliphatic imine (C=N–C) groups is 1. The van der Waals surface area contributed by atoms with E-state index in [2.05, 4.69) is 23.1 Å². The molecule has 0 spiro atoms. The third-order valence-electron chi connectivity index (χ3n) is 2.95. The number of hydrogen-bond donors (Lipinski definition) is 0. The van der Waals surface area contributed by atoms with Gasteiger partial charge in [0.05, 0.1) is 11.4 Å². The molecule has 5 heteroatoms. The SMILES string of the molecule is CCCc1ccccc1N=C1SCC(=O)N1/N=C/C(C)C. The Bertz CT molecular complexity index is 566. The second-order valence-corrected chi connectivity index (χ2v) is 6.22. The van der Waals surface area contributed by atoms with Crippen molar-refractivity contribution in [3.8, 4) is 0 Å². The maximum atomic E-state index is 11.9. The van der Waals surface area contributed by atoms with Gasteiger partial charge < -0.3 is 0 Å². The lowest BCUT2D eigenvalue weighted by molar-refractivity contribution is -0.124. The minimum absolute atomic E-state index is 0.0105. The molecule has 0 bridgehead atoms. The number of carbonyl (C=O) groups excluding carboxylic acids is 1. The Kier molecular flexibility index (Phi) is 5.56. The third kappa shape index (κ3) is 4.17. The van der Waals surface area contributed by atoms with E-state index in [1.54, 1.807) is 6.21 Å². The maximum absolute atomic E-state index is 11.9. The summed E-state index contributed by atoms with van der Waals surface area (Å²) in [6, 6.07) is 8.08. The number of carbonyl (C=O) groups is 1. The van der Waals surface area contributed by atoms with Crippen LogP contribution in [0.1, 0.15) is 32.8 Å². The van der Waals surface area contributed by atoms with Gasteiger partial charge in [-0.2, -0.15) is 10.1 Å². The standard InChI is InChI=1S/C16H21N3OS/c1-4-7-13-8-5-6-9-14(13)18-16-19(15(20)11-21-16)17-10-12(2)3/h5-6,8-10,12H,4,7,11H2,1-3H3/b17-10+,18-16?. The Hall–Kier alpha value is -1.62. The average Bonchev–Trinajstić information content (AvgIpc) is 2.79. The quantitative estimate of drug-likeness (QED) is 0.776. The van der Waals surface area contributed by atoms with Crippen LogP contribution in [0.5, 0.6) is 0 Å². The van der Waals surface area contributed by atoms with Gasteiger partial charge in [0.2, 0.25) is 0 Å². The number of benzene rings is 1. The van der Waals surface area contributed by atoms with Crippen LogP contribution in [-0.2, 0) is 11.2 Å².